The van der Waals surface area contributed by atoms with Crippen molar-refractivity contribution in [3.8, 4) is 0 Å². The maximum absolute atomic E-state index is 5.55. The molecule has 0 saturated carbocycles. The van der Waals surface area contributed by atoms with Gasteiger partial charge < -0.3 is 11.5 Å². The molecular formula is C7H14N4. The second-order valence-corrected chi connectivity index (χ2v) is 2.75. The minimum atomic E-state index is -0.429. The molecule has 0 aromatic carbocycles. The zero-order valence-corrected chi connectivity index (χ0v) is 7.13. The van der Waals surface area contributed by atoms with E-state index in [1.54, 1.807) is 4.68 Å². The Morgan fingerprint density at radius 1 is 1.36 bits per heavy atom. The second-order valence-electron chi connectivity index (χ2n) is 2.75. The fourth-order valence-electron chi connectivity index (χ4n) is 1.25. The smallest absolute Gasteiger partial charge is 0.0959 e. The molecule has 0 saturated heterocycles. The average molecular weight is 154 g/mol. The summed E-state index contributed by atoms with van der Waals surface area (Å²) in [5.41, 5.74) is 14.1. The maximum Gasteiger partial charge on any atom is 0.0959 e. The lowest BCUT2D eigenvalue weighted by Gasteiger charge is -2.06. The molecule has 1 aromatic heterocycles. The normalized spacial score (nSPS) is 11.1. The molecule has 0 atom stereocenters. The Labute approximate surface area is 66.2 Å². The van der Waals surface area contributed by atoms with Crippen LogP contribution < -0.4 is 11.5 Å². The van der Waals surface area contributed by atoms with Crippen LogP contribution in [0.5, 0.6) is 0 Å². The molecular weight excluding hydrogens is 140 g/mol. The Bertz CT molecular complexity index is 262. The van der Waals surface area contributed by atoms with Crippen LogP contribution in [0.25, 0.3) is 0 Å². The van der Waals surface area contributed by atoms with Crippen LogP contribution in [-0.4, -0.2) is 9.78 Å². The maximum atomic E-state index is 5.55. The standard InChI is InChI=1S/C7H14N4/c1-4-5(2)10-11(3)6(4)7(8)9/h7H,8-9H2,1-3H3. The van der Waals surface area contributed by atoms with Crippen LogP contribution in [0, 0.1) is 13.8 Å². The summed E-state index contributed by atoms with van der Waals surface area (Å²) in [6.07, 6.45) is -0.429. The van der Waals surface area contributed by atoms with Crippen LogP contribution in [0.3, 0.4) is 0 Å². The molecule has 0 bridgehead atoms. The monoisotopic (exact) mass is 154 g/mol. The van der Waals surface area contributed by atoms with Crippen molar-refractivity contribution < 1.29 is 0 Å². The topological polar surface area (TPSA) is 69.9 Å². The third kappa shape index (κ3) is 1.27. The van der Waals surface area contributed by atoms with Gasteiger partial charge in [-0.05, 0) is 19.4 Å². The summed E-state index contributed by atoms with van der Waals surface area (Å²) in [5.74, 6) is 0. The lowest BCUT2D eigenvalue weighted by molar-refractivity contribution is 0.632. The van der Waals surface area contributed by atoms with Crippen LogP contribution in [0.15, 0.2) is 0 Å². The predicted molar refractivity (Wildman–Crippen MR) is 43.8 cm³/mol. The summed E-state index contributed by atoms with van der Waals surface area (Å²) in [7, 11) is 1.85. The number of hydrogen-bond acceptors (Lipinski definition) is 3. The molecule has 0 radical (unpaired) electrons. The zero-order valence-electron chi connectivity index (χ0n) is 7.13. The third-order valence-corrected chi connectivity index (χ3v) is 1.89. The van der Waals surface area contributed by atoms with Gasteiger partial charge in [0.05, 0.1) is 17.6 Å². The van der Waals surface area contributed by atoms with E-state index < -0.39 is 6.17 Å². The van der Waals surface area contributed by atoms with Gasteiger partial charge in [0.25, 0.3) is 0 Å². The molecule has 0 unspecified atom stereocenters. The summed E-state index contributed by atoms with van der Waals surface area (Å²) in [6, 6.07) is 0. The average Bonchev–Trinajstić information content (AvgIpc) is 2.07. The Kier molecular flexibility index (Phi) is 1.97. The molecule has 4 N–H and O–H groups in total. The lowest BCUT2D eigenvalue weighted by Crippen LogP contribution is -2.23. The second kappa shape index (κ2) is 2.64. The SMILES string of the molecule is Cc1nn(C)c(C(N)N)c1C. The van der Waals surface area contributed by atoms with Crippen molar-refractivity contribution in [2.45, 2.75) is 20.0 Å². The van der Waals surface area contributed by atoms with E-state index in [0.717, 1.165) is 17.0 Å². The van der Waals surface area contributed by atoms with Crippen molar-refractivity contribution in [1.29, 1.82) is 0 Å². The van der Waals surface area contributed by atoms with Gasteiger partial charge in [-0.15, -0.1) is 0 Å². The number of aromatic nitrogens is 2. The Morgan fingerprint density at radius 3 is 2.09 bits per heavy atom. The summed E-state index contributed by atoms with van der Waals surface area (Å²) >= 11 is 0. The number of nitrogens with two attached hydrogens (primary N) is 2. The summed E-state index contributed by atoms with van der Waals surface area (Å²) in [6.45, 7) is 3.92. The van der Waals surface area contributed by atoms with Crippen molar-refractivity contribution in [3.63, 3.8) is 0 Å². The summed E-state index contributed by atoms with van der Waals surface area (Å²) in [5, 5.41) is 4.19. The minimum Gasteiger partial charge on any atom is -0.311 e. The molecule has 1 heterocycles. The molecule has 4 heteroatoms. The Hall–Kier alpha value is -0.870. The highest BCUT2D eigenvalue weighted by molar-refractivity contribution is 5.25. The first-order chi connectivity index (χ1) is 5.04. The van der Waals surface area contributed by atoms with Gasteiger partial charge in [0.2, 0.25) is 0 Å². The molecule has 11 heavy (non-hydrogen) atoms. The molecule has 0 spiro atoms. The molecule has 0 aliphatic rings. The van der Waals surface area contributed by atoms with Crippen LogP contribution in [0.1, 0.15) is 23.1 Å². The van der Waals surface area contributed by atoms with Gasteiger partial charge in [-0.2, -0.15) is 5.10 Å². The van der Waals surface area contributed by atoms with E-state index in [2.05, 4.69) is 5.10 Å². The van der Waals surface area contributed by atoms with E-state index in [9.17, 15) is 0 Å². The van der Waals surface area contributed by atoms with Crippen molar-refractivity contribution in [2.75, 3.05) is 0 Å². The minimum absolute atomic E-state index is 0.429. The predicted octanol–water partition coefficient (Wildman–Crippen LogP) is -0.0471. The van der Waals surface area contributed by atoms with E-state index in [1.165, 1.54) is 0 Å². The van der Waals surface area contributed by atoms with E-state index >= 15 is 0 Å². The third-order valence-electron chi connectivity index (χ3n) is 1.89. The van der Waals surface area contributed by atoms with Crippen LogP contribution in [0.2, 0.25) is 0 Å². The number of aryl methyl sites for hydroxylation is 2. The summed E-state index contributed by atoms with van der Waals surface area (Å²) in [4.78, 5) is 0. The van der Waals surface area contributed by atoms with Crippen LogP contribution in [-0.2, 0) is 7.05 Å². The number of nitrogens with zero attached hydrogens (tertiary/aromatic N) is 2. The Morgan fingerprint density at radius 2 is 1.91 bits per heavy atom. The molecule has 1 aromatic rings. The van der Waals surface area contributed by atoms with Crippen LogP contribution in [0.4, 0.5) is 0 Å². The van der Waals surface area contributed by atoms with Gasteiger partial charge in [-0.1, -0.05) is 0 Å². The first-order valence-corrected chi connectivity index (χ1v) is 3.55. The molecule has 0 fully saturated rings. The fraction of sp³-hybridized carbons (Fsp3) is 0.571. The van der Waals surface area contributed by atoms with E-state index in [0.29, 0.717) is 0 Å². The van der Waals surface area contributed by atoms with Gasteiger partial charge in [0.1, 0.15) is 0 Å². The first-order valence-electron chi connectivity index (χ1n) is 3.55. The van der Waals surface area contributed by atoms with E-state index in [1.807, 2.05) is 20.9 Å². The van der Waals surface area contributed by atoms with Crippen molar-refractivity contribution in [1.82, 2.24) is 9.78 Å². The number of rotatable bonds is 1. The van der Waals surface area contributed by atoms with Gasteiger partial charge in [0.15, 0.2) is 0 Å². The molecule has 62 valence electrons. The fourth-order valence-corrected chi connectivity index (χ4v) is 1.25. The molecule has 4 nitrogen and oxygen atoms in total. The highest BCUT2D eigenvalue weighted by Gasteiger charge is 2.11. The van der Waals surface area contributed by atoms with E-state index in [4.69, 9.17) is 11.5 Å². The first kappa shape index (κ1) is 8.23. The van der Waals surface area contributed by atoms with Crippen molar-refractivity contribution >= 4 is 0 Å². The number of hydrogen-bond donors (Lipinski definition) is 2. The molecule has 0 amide bonds. The van der Waals surface area contributed by atoms with Crippen molar-refractivity contribution in [3.05, 3.63) is 17.0 Å². The van der Waals surface area contributed by atoms with Gasteiger partial charge in [-0.25, -0.2) is 0 Å². The van der Waals surface area contributed by atoms with Crippen molar-refractivity contribution in [2.24, 2.45) is 18.5 Å². The largest absolute Gasteiger partial charge is 0.311 e. The van der Waals surface area contributed by atoms with Gasteiger partial charge in [0, 0.05) is 7.05 Å². The zero-order chi connectivity index (χ0) is 8.59. The Balaban J connectivity index is 3.22. The summed E-state index contributed by atoms with van der Waals surface area (Å²) < 4.78 is 1.73. The van der Waals surface area contributed by atoms with Gasteiger partial charge in [-0.3, -0.25) is 4.68 Å². The van der Waals surface area contributed by atoms with Crippen LogP contribution >= 0.6 is 0 Å². The molecule has 0 aliphatic heterocycles. The molecule has 1 rings (SSSR count). The molecule has 0 aliphatic carbocycles. The van der Waals surface area contributed by atoms with E-state index in [-0.39, 0.29) is 0 Å². The quantitative estimate of drug-likeness (QED) is 0.557. The van der Waals surface area contributed by atoms with Gasteiger partial charge >= 0.3 is 0 Å². The highest BCUT2D eigenvalue weighted by atomic mass is 15.3. The lowest BCUT2D eigenvalue weighted by atomic mass is 10.2. The highest BCUT2D eigenvalue weighted by Crippen LogP contribution is 2.13.